The first kappa shape index (κ1) is 16.6. The molecule has 0 saturated carbocycles. The van der Waals surface area contributed by atoms with Gasteiger partial charge in [-0.25, -0.2) is 13.1 Å². The summed E-state index contributed by atoms with van der Waals surface area (Å²) in [5.74, 6) is 2.87. The van der Waals surface area contributed by atoms with Crippen LogP contribution in [0.2, 0.25) is 0 Å². The zero-order valence-corrected chi connectivity index (χ0v) is 13.7. The van der Waals surface area contributed by atoms with Gasteiger partial charge < -0.3 is 9.84 Å². The van der Waals surface area contributed by atoms with Gasteiger partial charge in [-0.05, 0) is 48.0 Å². The molecule has 1 aliphatic rings. The van der Waals surface area contributed by atoms with Crippen LogP contribution in [0.5, 0.6) is 5.75 Å². The summed E-state index contributed by atoms with van der Waals surface area (Å²) in [6.07, 6.45) is 2.09. The third kappa shape index (κ3) is 4.35. The van der Waals surface area contributed by atoms with Crippen molar-refractivity contribution in [2.75, 3.05) is 25.2 Å². The molecule has 7 heteroatoms. The number of sulfonamides is 1. The molecule has 1 saturated heterocycles. The zero-order chi connectivity index (χ0) is 15.3. The van der Waals surface area contributed by atoms with E-state index in [9.17, 15) is 8.42 Å². The van der Waals surface area contributed by atoms with Crippen molar-refractivity contribution in [2.24, 2.45) is 5.92 Å². The molecule has 1 aromatic rings. The summed E-state index contributed by atoms with van der Waals surface area (Å²) in [5.41, 5.74) is 0.547. The van der Waals surface area contributed by atoms with Gasteiger partial charge in [-0.2, -0.15) is 11.8 Å². The summed E-state index contributed by atoms with van der Waals surface area (Å²) >= 11 is 1.91. The van der Waals surface area contributed by atoms with Crippen molar-refractivity contribution in [3.63, 3.8) is 0 Å². The van der Waals surface area contributed by atoms with Crippen LogP contribution in [0, 0.1) is 5.92 Å². The van der Waals surface area contributed by atoms with Crippen LogP contribution >= 0.6 is 11.8 Å². The maximum Gasteiger partial charge on any atom is 0.244 e. The van der Waals surface area contributed by atoms with Crippen LogP contribution in [0.4, 0.5) is 0 Å². The number of hydrogen-bond donors (Lipinski definition) is 2. The van der Waals surface area contributed by atoms with Crippen LogP contribution in [-0.2, 0) is 16.6 Å². The molecule has 0 aliphatic carbocycles. The minimum absolute atomic E-state index is 0.0849. The first-order valence-corrected chi connectivity index (χ1v) is 9.56. The van der Waals surface area contributed by atoms with Gasteiger partial charge in [0.05, 0.1) is 13.7 Å². The summed E-state index contributed by atoms with van der Waals surface area (Å²) in [5, 5.41) is 9.17. The molecule has 5 nitrogen and oxygen atoms in total. The number of rotatable bonds is 6. The van der Waals surface area contributed by atoms with Crippen LogP contribution < -0.4 is 9.46 Å². The average Bonchev–Trinajstić information content (AvgIpc) is 2.53. The van der Waals surface area contributed by atoms with Crippen LogP contribution in [-0.4, -0.2) is 38.7 Å². The maximum absolute atomic E-state index is 12.4. The summed E-state index contributed by atoms with van der Waals surface area (Å²) < 4.78 is 32.7. The fourth-order valence-corrected chi connectivity index (χ4v) is 4.82. The van der Waals surface area contributed by atoms with Crippen LogP contribution in [0.3, 0.4) is 0 Å². The minimum atomic E-state index is -3.63. The van der Waals surface area contributed by atoms with Gasteiger partial charge >= 0.3 is 0 Å². The highest BCUT2D eigenvalue weighted by Crippen LogP contribution is 2.26. The van der Waals surface area contributed by atoms with E-state index in [4.69, 9.17) is 9.84 Å². The smallest absolute Gasteiger partial charge is 0.244 e. The Bertz CT molecular complexity index is 568. The van der Waals surface area contributed by atoms with E-state index in [1.54, 1.807) is 12.1 Å². The van der Waals surface area contributed by atoms with E-state index in [1.807, 2.05) is 11.8 Å². The lowest BCUT2D eigenvalue weighted by Gasteiger charge is -2.21. The topological polar surface area (TPSA) is 75.6 Å². The quantitative estimate of drug-likeness (QED) is 0.828. The van der Waals surface area contributed by atoms with Crippen molar-refractivity contribution in [3.05, 3.63) is 23.8 Å². The van der Waals surface area contributed by atoms with E-state index in [-0.39, 0.29) is 11.5 Å². The number of benzene rings is 1. The predicted octanol–water partition coefficient (Wildman–Crippen LogP) is 1.61. The molecular formula is C14H21NO4S2. The molecular weight excluding hydrogens is 310 g/mol. The number of thioether (sulfide) groups is 1. The molecule has 0 atom stereocenters. The lowest BCUT2D eigenvalue weighted by atomic mass is 10.0. The number of aliphatic hydroxyl groups is 1. The highest BCUT2D eigenvalue weighted by atomic mass is 32.2. The Balaban J connectivity index is 2.14. The van der Waals surface area contributed by atoms with Gasteiger partial charge in [-0.15, -0.1) is 0 Å². The molecule has 1 aromatic carbocycles. The lowest BCUT2D eigenvalue weighted by Crippen LogP contribution is -2.31. The summed E-state index contributed by atoms with van der Waals surface area (Å²) in [6.45, 7) is 0.252. The Morgan fingerprint density at radius 2 is 2.10 bits per heavy atom. The summed E-state index contributed by atoms with van der Waals surface area (Å²) in [6, 6.07) is 4.67. The van der Waals surface area contributed by atoms with Gasteiger partial charge in [0.25, 0.3) is 0 Å². The van der Waals surface area contributed by atoms with Crippen LogP contribution in [0.15, 0.2) is 23.1 Å². The standard InChI is InChI=1S/C14H21NO4S2/c1-19-13-3-2-12(10-16)8-14(13)21(17,18)15-9-11-4-6-20-7-5-11/h2-3,8,11,15-16H,4-7,9-10H2,1H3. The second-order valence-corrected chi connectivity index (χ2v) is 8.01. The molecule has 2 rings (SSSR count). The molecule has 0 aromatic heterocycles. The number of ether oxygens (including phenoxy) is 1. The molecule has 1 heterocycles. The maximum atomic E-state index is 12.4. The summed E-state index contributed by atoms with van der Waals surface area (Å²) in [7, 11) is -2.19. The predicted molar refractivity (Wildman–Crippen MR) is 84.2 cm³/mol. The Morgan fingerprint density at radius 1 is 1.38 bits per heavy atom. The van der Waals surface area contributed by atoms with Gasteiger partial charge in [-0.3, -0.25) is 0 Å². The number of aliphatic hydroxyl groups excluding tert-OH is 1. The third-order valence-corrected chi connectivity index (χ3v) is 6.10. The van der Waals surface area contributed by atoms with Crippen molar-refractivity contribution in [2.45, 2.75) is 24.3 Å². The molecule has 0 radical (unpaired) electrons. The SMILES string of the molecule is COc1ccc(CO)cc1S(=O)(=O)NCC1CCSCC1. The molecule has 0 unspecified atom stereocenters. The van der Waals surface area contributed by atoms with E-state index >= 15 is 0 Å². The number of hydrogen-bond acceptors (Lipinski definition) is 5. The molecule has 21 heavy (non-hydrogen) atoms. The molecule has 0 amide bonds. The fourth-order valence-electron chi connectivity index (χ4n) is 2.29. The van der Waals surface area contributed by atoms with Gasteiger partial charge in [-0.1, -0.05) is 6.07 Å². The Hall–Kier alpha value is -0.760. The highest BCUT2D eigenvalue weighted by Gasteiger charge is 2.22. The molecule has 2 N–H and O–H groups in total. The molecule has 1 fully saturated rings. The van der Waals surface area contributed by atoms with Crippen molar-refractivity contribution in [3.8, 4) is 5.75 Å². The number of methoxy groups -OCH3 is 1. The monoisotopic (exact) mass is 331 g/mol. The van der Waals surface area contributed by atoms with E-state index in [0.717, 1.165) is 24.3 Å². The molecule has 118 valence electrons. The zero-order valence-electron chi connectivity index (χ0n) is 12.0. The first-order valence-electron chi connectivity index (χ1n) is 6.92. The van der Waals surface area contributed by atoms with Crippen molar-refractivity contribution in [1.29, 1.82) is 0 Å². The van der Waals surface area contributed by atoms with Crippen LogP contribution in [0.25, 0.3) is 0 Å². The van der Waals surface area contributed by atoms with E-state index < -0.39 is 10.0 Å². The van der Waals surface area contributed by atoms with Gasteiger partial charge in [0.15, 0.2) is 0 Å². The Kier molecular flexibility index (Phi) is 5.92. The van der Waals surface area contributed by atoms with E-state index in [2.05, 4.69) is 4.72 Å². The normalized spacial score (nSPS) is 16.9. The third-order valence-electron chi connectivity index (χ3n) is 3.60. The van der Waals surface area contributed by atoms with Gasteiger partial charge in [0.2, 0.25) is 10.0 Å². The average molecular weight is 331 g/mol. The van der Waals surface area contributed by atoms with E-state index in [0.29, 0.717) is 23.8 Å². The lowest BCUT2D eigenvalue weighted by molar-refractivity contribution is 0.281. The first-order chi connectivity index (χ1) is 10.1. The molecule has 1 aliphatic heterocycles. The highest BCUT2D eigenvalue weighted by molar-refractivity contribution is 7.99. The Labute approximate surface area is 130 Å². The summed E-state index contributed by atoms with van der Waals surface area (Å²) in [4.78, 5) is 0.0849. The van der Waals surface area contributed by atoms with Gasteiger partial charge in [0, 0.05) is 6.54 Å². The van der Waals surface area contributed by atoms with Crippen molar-refractivity contribution < 1.29 is 18.3 Å². The van der Waals surface area contributed by atoms with Crippen LogP contribution in [0.1, 0.15) is 18.4 Å². The fraction of sp³-hybridized carbons (Fsp3) is 0.571. The van der Waals surface area contributed by atoms with Crippen molar-refractivity contribution >= 4 is 21.8 Å². The van der Waals surface area contributed by atoms with E-state index in [1.165, 1.54) is 13.2 Å². The second kappa shape index (κ2) is 7.49. The minimum Gasteiger partial charge on any atom is -0.495 e. The van der Waals surface area contributed by atoms with Crippen molar-refractivity contribution in [1.82, 2.24) is 4.72 Å². The second-order valence-electron chi connectivity index (χ2n) is 5.05. The number of nitrogens with one attached hydrogen (secondary N) is 1. The Morgan fingerprint density at radius 3 is 2.71 bits per heavy atom. The molecule has 0 spiro atoms. The molecule has 0 bridgehead atoms. The largest absolute Gasteiger partial charge is 0.495 e. The van der Waals surface area contributed by atoms with Gasteiger partial charge in [0.1, 0.15) is 10.6 Å².